The van der Waals surface area contributed by atoms with Crippen molar-refractivity contribution in [2.24, 2.45) is 17.3 Å². The number of benzene rings is 1. The van der Waals surface area contributed by atoms with Crippen LogP contribution in [0.25, 0.3) is 0 Å². The maximum absolute atomic E-state index is 11.6. The van der Waals surface area contributed by atoms with Gasteiger partial charge in [-0.05, 0) is 79.5 Å². The number of hydrogen-bond acceptors (Lipinski definition) is 4. The molecule has 2 fully saturated rings. The molecule has 4 rings (SSSR count). The molecular formula is C20H26O4. The first-order valence-electron chi connectivity index (χ1n) is 9.15. The number of aryl methyl sites for hydroxylation is 1. The van der Waals surface area contributed by atoms with Gasteiger partial charge < -0.3 is 14.9 Å². The molecule has 1 aromatic carbocycles. The van der Waals surface area contributed by atoms with Crippen molar-refractivity contribution in [3.63, 3.8) is 0 Å². The average Bonchev–Trinajstić information content (AvgIpc) is 2.90. The summed E-state index contributed by atoms with van der Waals surface area (Å²) in [6.07, 6.45) is 6.32. The van der Waals surface area contributed by atoms with Crippen LogP contribution in [-0.2, 0) is 16.0 Å². The molecule has 4 nitrogen and oxygen atoms in total. The van der Waals surface area contributed by atoms with Crippen LogP contribution in [0.3, 0.4) is 0 Å². The number of aliphatic hydroxyl groups excluding tert-OH is 1. The van der Waals surface area contributed by atoms with Crippen molar-refractivity contribution >= 4 is 5.97 Å². The maximum Gasteiger partial charge on any atom is 0.332 e. The van der Waals surface area contributed by atoms with Crippen LogP contribution in [0.2, 0.25) is 0 Å². The lowest BCUT2D eigenvalue weighted by molar-refractivity contribution is -0.160. The zero-order valence-corrected chi connectivity index (χ0v) is 14.2. The highest BCUT2D eigenvalue weighted by molar-refractivity contribution is 5.70. The number of aromatic hydroxyl groups is 1. The number of rotatable bonds is 2. The van der Waals surface area contributed by atoms with Crippen LogP contribution in [0.5, 0.6) is 5.75 Å². The molecule has 2 N–H and O–H groups in total. The fourth-order valence-corrected chi connectivity index (χ4v) is 5.91. The molecule has 0 aliphatic heterocycles. The van der Waals surface area contributed by atoms with E-state index in [0.717, 1.165) is 38.5 Å². The minimum absolute atomic E-state index is 0.0421. The van der Waals surface area contributed by atoms with Gasteiger partial charge in [0, 0.05) is 5.41 Å². The van der Waals surface area contributed by atoms with Gasteiger partial charge >= 0.3 is 5.97 Å². The van der Waals surface area contributed by atoms with Gasteiger partial charge in [0.1, 0.15) is 18.5 Å². The van der Waals surface area contributed by atoms with E-state index in [1.54, 1.807) is 0 Å². The SMILES string of the molecule is C[C@]12CC[C@@H]3c4ccc(O)cc4CC[C@H]3[C@@H]1CCC2OC(=O)CO. The number of carbonyl (C=O) groups excluding carboxylic acids is 1. The first kappa shape index (κ1) is 15.9. The third-order valence-corrected chi connectivity index (χ3v) is 7.03. The fourth-order valence-electron chi connectivity index (χ4n) is 5.91. The van der Waals surface area contributed by atoms with Gasteiger partial charge in [-0.25, -0.2) is 4.79 Å². The molecule has 2 saturated carbocycles. The highest BCUT2D eigenvalue weighted by atomic mass is 16.6. The summed E-state index contributed by atoms with van der Waals surface area (Å²) < 4.78 is 5.58. The molecule has 0 bridgehead atoms. The van der Waals surface area contributed by atoms with Crippen molar-refractivity contribution in [1.82, 2.24) is 0 Å². The lowest BCUT2D eigenvalue weighted by atomic mass is 9.55. The van der Waals surface area contributed by atoms with E-state index in [0.29, 0.717) is 23.5 Å². The molecule has 0 aromatic heterocycles. The van der Waals surface area contributed by atoms with Crippen molar-refractivity contribution in [1.29, 1.82) is 0 Å². The molecule has 3 aliphatic rings. The van der Waals surface area contributed by atoms with Gasteiger partial charge in [-0.15, -0.1) is 0 Å². The van der Waals surface area contributed by atoms with Crippen LogP contribution in [0.15, 0.2) is 18.2 Å². The third-order valence-electron chi connectivity index (χ3n) is 7.03. The Bertz CT molecular complexity index is 655. The highest BCUT2D eigenvalue weighted by Crippen LogP contribution is 2.61. The molecule has 0 amide bonds. The number of esters is 1. The first-order chi connectivity index (χ1) is 11.5. The van der Waals surface area contributed by atoms with E-state index >= 15 is 0 Å². The first-order valence-corrected chi connectivity index (χ1v) is 9.15. The topological polar surface area (TPSA) is 66.8 Å². The van der Waals surface area contributed by atoms with Crippen LogP contribution in [-0.4, -0.2) is 28.9 Å². The van der Waals surface area contributed by atoms with Crippen LogP contribution < -0.4 is 0 Å². The molecule has 0 radical (unpaired) electrons. The van der Waals surface area contributed by atoms with Crippen LogP contribution in [0.1, 0.15) is 56.1 Å². The predicted molar refractivity (Wildman–Crippen MR) is 89.7 cm³/mol. The summed E-state index contributed by atoms with van der Waals surface area (Å²) in [6, 6.07) is 5.86. The maximum atomic E-state index is 11.6. The van der Waals surface area contributed by atoms with Gasteiger partial charge in [-0.2, -0.15) is 0 Å². The average molecular weight is 330 g/mol. The van der Waals surface area contributed by atoms with Crippen molar-refractivity contribution in [2.75, 3.05) is 6.61 Å². The van der Waals surface area contributed by atoms with Gasteiger partial charge in [-0.1, -0.05) is 13.0 Å². The summed E-state index contributed by atoms with van der Waals surface area (Å²) in [7, 11) is 0. The molecular weight excluding hydrogens is 304 g/mol. The number of carbonyl (C=O) groups is 1. The molecule has 3 aliphatic carbocycles. The van der Waals surface area contributed by atoms with Crippen LogP contribution in [0, 0.1) is 17.3 Å². The smallest absolute Gasteiger partial charge is 0.332 e. The van der Waals surface area contributed by atoms with E-state index in [1.165, 1.54) is 11.1 Å². The molecule has 1 unspecified atom stereocenters. The van der Waals surface area contributed by atoms with Gasteiger partial charge in [0.15, 0.2) is 0 Å². The number of phenols is 1. The van der Waals surface area contributed by atoms with E-state index in [1.807, 2.05) is 12.1 Å². The van der Waals surface area contributed by atoms with Crippen molar-refractivity contribution in [3.05, 3.63) is 29.3 Å². The number of ether oxygens (including phenoxy) is 1. The van der Waals surface area contributed by atoms with Gasteiger partial charge in [0.2, 0.25) is 0 Å². The minimum atomic E-state index is -0.528. The standard InChI is InChI=1S/C20H26O4/c1-20-9-8-15-14-5-3-13(22)10-12(14)2-4-16(15)17(20)6-7-18(20)24-19(23)11-21/h3,5,10,15-18,21-22H,2,4,6-9,11H2,1H3/t15-,16-,17+,18?,20+/m1/s1. The Kier molecular flexibility index (Phi) is 3.83. The Morgan fingerprint density at radius 3 is 2.92 bits per heavy atom. The van der Waals surface area contributed by atoms with Crippen molar-refractivity contribution in [3.8, 4) is 5.75 Å². The van der Waals surface area contributed by atoms with E-state index in [2.05, 4.69) is 13.0 Å². The Morgan fingerprint density at radius 1 is 1.29 bits per heavy atom. The summed E-state index contributed by atoms with van der Waals surface area (Å²) in [6.45, 7) is 1.75. The molecule has 24 heavy (non-hydrogen) atoms. The summed E-state index contributed by atoms with van der Waals surface area (Å²) in [5, 5.41) is 18.7. The van der Waals surface area contributed by atoms with Crippen LogP contribution in [0.4, 0.5) is 0 Å². The summed E-state index contributed by atoms with van der Waals surface area (Å²) in [4.78, 5) is 11.6. The lowest BCUT2D eigenvalue weighted by Gasteiger charge is -2.50. The number of fused-ring (bicyclic) bond motifs is 5. The molecule has 0 heterocycles. The molecule has 5 atom stereocenters. The van der Waals surface area contributed by atoms with Crippen LogP contribution >= 0.6 is 0 Å². The second kappa shape index (κ2) is 5.76. The minimum Gasteiger partial charge on any atom is -0.508 e. The molecule has 130 valence electrons. The molecule has 0 spiro atoms. The Balaban J connectivity index is 1.60. The second-order valence-corrected chi connectivity index (χ2v) is 8.06. The zero-order valence-electron chi connectivity index (χ0n) is 14.2. The quantitative estimate of drug-likeness (QED) is 0.818. The van der Waals surface area contributed by atoms with E-state index < -0.39 is 12.6 Å². The predicted octanol–water partition coefficient (Wildman–Crippen LogP) is 3.15. The van der Waals surface area contributed by atoms with E-state index in [4.69, 9.17) is 9.84 Å². The largest absolute Gasteiger partial charge is 0.508 e. The van der Waals surface area contributed by atoms with Crippen molar-refractivity contribution < 1.29 is 19.7 Å². The summed E-state index contributed by atoms with van der Waals surface area (Å²) in [5.41, 5.74) is 2.77. The van der Waals surface area contributed by atoms with E-state index in [-0.39, 0.29) is 11.5 Å². The fraction of sp³-hybridized carbons (Fsp3) is 0.650. The zero-order chi connectivity index (χ0) is 16.9. The summed E-state index contributed by atoms with van der Waals surface area (Å²) in [5.74, 6) is 1.66. The molecule has 0 saturated heterocycles. The van der Waals surface area contributed by atoms with Crippen molar-refractivity contribution in [2.45, 2.75) is 57.5 Å². The van der Waals surface area contributed by atoms with Gasteiger partial charge in [0.25, 0.3) is 0 Å². The lowest BCUT2D eigenvalue weighted by Crippen LogP contribution is -2.45. The monoisotopic (exact) mass is 330 g/mol. The Morgan fingerprint density at radius 2 is 2.12 bits per heavy atom. The summed E-state index contributed by atoms with van der Waals surface area (Å²) >= 11 is 0. The number of aliphatic hydroxyl groups is 1. The normalized spacial score (nSPS) is 37.2. The Labute approximate surface area is 142 Å². The number of phenolic OH excluding ortho intramolecular Hbond substituents is 1. The Hall–Kier alpha value is -1.55. The third kappa shape index (κ3) is 2.34. The van der Waals surface area contributed by atoms with Gasteiger partial charge in [0.05, 0.1) is 0 Å². The second-order valence-electron chi connectivity index (χ2n) is 8.06. The number of hydrogen-bond donors (Lipinski definition) is 2. The van der Waals surface area contributed by atoms with Gasteiger partial charge in [-0.3, -0.25) is 0 Å². The van der Waals surface area contributed by atoms with E-state index in [9.17, 15) is 9.90 Å². The molecule has 1 aromatic rings. The molecule has 4 heteroatoms. The highest BCUT2D eigenvalue weighted by Gasteiger charge is 2.56.